The van der Waals surface area contributed by atoms with E-state index in [0.717, 1.165) is 25.7 Å². The molecule has 0 atom stereocenters. The lowest BCUT2D eigenvalue weighted by Gasteiger charge is -2.34. The van der Waals surface area contributed by atoms with Crippen molar-refractivity contribution in [1.82, 2.24) is 9.78 Å². The van der Waals surface area contributed by atoms with E-state index in [4.69, 9.17) is 16.7 Å². The normalized spacial score (nSPS) is 20.4. The Morgan fingerprint density at radius 3 is 2.59 bits per heavy atom. The van der Waals surface area contributed by atoms with Crippen molar-refractivity contribution in [3.05, 3.63) is 16.9 Å². The van der Waals surface area contributed by atoms with Gasteiger partial charge in [0.05, 0.1) is 12.2 Å². The van der Waals surface area contributed by atoms with Crippen LogP contribution < -0.4 is 0 Å². The minimum Gasteiger partial charge on any atom is -0.478 e. The van der Waals surface area contributed by atoms with Gasteiger partial charge in [-0.15, -0.1) is 0 Å². The summed E-state index contributed by atoms with van der Waals surface area (Å²) in [7, 11) is 0. The lowest BCUT2D eigenvalue weighted by molar-refractivity contribution is 0.0696. The van der Waals surface area contributed by atoms with Crippen molar-refractivity contribution in [3.63, 3.8) is 0 Å². The number of aromatic nitrogens is 2. The molecule has 1 aliphatic carbocycles. The third-order valence-corrected chi connectivity index (χ3v) is 4.00. The molecule has 1 aliphatic rings. The van der Waals surface area contributed by atoms with Gasteiger partial charge in [0, 0.05) is 0 Å². The average molecular weight is 257 g/mol. The number of carbonyl (C=O) groups is 1. The van der Waals surface area contributed by atoms with Gasteiger partial charge < -0.3 is 5.11 Å². The fourth-order valence-corrected chi connectivity index (χ4v) is 2.69. The molecule has 0 amide bonds. The minimum atomic E-state index is -1.02. The predicted octanol–water partition coefficient (Wildman–Crippen LogP) is 3.38. The van der Waals surface area contributed by atoms with Crippen LogP contribution in [0.5, 0.6) is 0 Å². The van der Waals surface area contributed by atoms with E-state index in [1.54, 1.807) is 4.68 Å². The Hall–Kier alpha value is -1.03. The molecule has 0 saturated heterocycles. The van der Waals surface area contributed by atoms with Gasteiger partial charge in [0.2, 0.25) is 0 Å². The predicted molar refractivity (Wildman–Crippen MR) is 65.5 cm³/mol. The maximum absolute atomic E-state index is 10.9. The molecule has 1 aromatic rings. The van der Waals surface area contributed by atoms with E-state index >= 15 is 0 Å². The number of hydrogen-bond acceptors (Lipinski definition) is 2. The third kappa shape index (κ3) is 2.46. The molecule has 0 spiro atoms. The standard InChI is InChI=1S/C12H17ClN2O2/c1-12(2)5-3-8(4-6-12)15-10(13)9(7-14-15)11(16)17/h7-8H,3-6H2,1-2H3,(H,16,17). The van der Waals surface area contributed by atoms with Crippen LogP contribution in [-0.4, -0.2) is 20.9 Å². The van der Waals surface area contributed by atoms with Crippen molar-refractivity contribution in [2.24, 2.45) is 5.41 Å². The van der Waals surface area contributed by atoms with Gasteiger partial charge in [-0.2, -0.15) is 5.10 Å². The van der Waals surface area contributed by atoms with Gasteiger partial charge in [-0.05, 0) is 31.1 Å². The molecule has 0 unspecified atom stereocenters. The number of aromatic carboxylic acids is 1. The topological polar surface area (TPSA) is 55.1 Å². The number of halogens is 1. The Labute approximate surface area is 106 Å². The van der Waals surface area contributed by atoms with Crippen molar-refractivity contribution in [3.8, 4) is 0 Å². The lowest BCUT2D eigenvalue weighted by Crippen LogP contribution is -2.24. The molecule has 4 nitrogen and oxygen atoms in total. The first-order valence-electron chi connectivity index (χ1n) is 5.87. The number of rotatable bonds is 2. The molecular weight excluding hydrogens is 240 g/mol. The second-order valence-corrected chi connectivity index (χ2v) is 5.85. The summed E-state index contributed by atoms with van der Waals surface area (Å²) in [5.74, 6) is -1.02. The van der Waals surface area contributed by atoms with E-state index < -0.39 is 5.97 Å². The van der Waals surface area contributed by atoms with Gasteiger partial charge in [0.15, 0.2) is 0 Å². The van der Waals surface area contributed by atoms with E-state index in [9.17, 15) is 4.79 Å². The zero-order valence-corrected chi connectivity index (χ0v) is 10.9. The number of nitrogens with zero attached hydrogens (tertiary/aromatic N) is 2. The molecular formula is C12H17ClN2O2. The van der Waals surface area contributed by atoms with Crippen LogP contribution in [0.1, 0.15) is 55.9 Å². The van der Waals surface area contributed by atoms with Crippen LogP contribution in [0, 0.1) is 5.41 Å². The second kappa shape index (κ2) is 4.33. The maximum atomic E-state index is 10.9. The summed E-state index contributed by atoms with van der Waals surface area (Å²) in [5, 5.41) is 13.3. The highest BCUT2D eigenvalue weighted by Gasteiger charge is 2.30. The van der Waals surface area contributed by atoms with Gasteiger partial charge in [0.1, 0.15) is 10.7 Å². The summed E-state index contributed by atoms with van der Waals surface area (Å²) >= 11 is 6.04. The highest BCUT2D eigenvalue weighted by Crippen LogP contribution is 2.40. The monoisotopic (exact) mass is 256 g/mol. The molecule has 0 aromatic carbocycles. The summed E-state index contributed by atoms with van der Waals surface area (Å²) in [6.07, 6.45) is 5.60. The summed E-state index contributed by atoms with van der Waals surface area (Å²) in [6, 6.07) is 0.239. The van der Waals surface area contributed by atoms with Gasteiger partial charge in [-0.3, -0.25) is 4.68 Å². The summed E-state index contributed by atoms with van der Waals surface area (Å²) in [4.78, 5) is 10.9. The Morgan fingerprint density at radius 1 is 1.53 bits per heavy atom. The molecule has 0 bridgehead atoms. The summed E-state index contributed by atoms with van der Waals surface area (Å²) < 4.78 is 1.67. The zero-order chi connectivity index (χ0) is 12.6. The third-order valence-electron chi connectivity index (χ3n) is 3.62. The first kappa shape index (κ1) is 12.4. The van der Waals surface area contributed by atoms with Crippen LogP contribution in [0.3, 0.4) is 0 Å². The number of hydrogen-bond donors (Lipinski definition) is 1. The Bertz CT molecular complexity index is 430. The van der Waals surface area contributed by atoms with E-state index in [-0.39, 0.29) is 16.8 Å². The van der Waals surface area contributed by atoms with Crippen molar-refractivity contribution in [2.45, 2.75) is 45.6 Å². The van der Waals surface area contributed by atoms with Crippen LogP contribution in [0.25, 0.3) is 0 Å². The van der Waals surface area contributed by atoms with Crippen molar-refractivity contribution >= 4 is 17.6 Å². The summed E-state index contributed by atoms with van der Waals surface area (Å²) in [6.45, 7) is 4.52. The van der Waals surface area contributed by atoms with Crippen LogP contribution in [0.2, 0.25) is 5.15 Å². The smallest absolute Gasteiger partial charge is 0.340 e. The maximum Gasteiger partial charge on any atom is 0.340 e. The van der Waals surface area contributed by atoms with E-state index in [1.165, 1.54) is 6.20 Å². The summed E-state index contributed by atoms with van der Waals surface area (Å²) in [5.41, 5.74) is 0.475. The highest BCUT2D eigenvalue weighted by molar-refractivity contribution is 6.32. The Kier molecular flexibility index (Phi) is 3.17. The Balaban J connectivity index is 2.17. The van der Waals surface area contributed by atoms with E-state index in [1.807, 2.05) is 0 Å². The fourth-order valence-electron chi connectivity index (χ4n) is 2.37. The van der Waals surface area contributed by atoms with Gasteiger partial charge in [-0.25, -0.2) is 4.79 Å². The van der Waals surface area contributed by atoms with E-state index in [2.05, 4.69) is 18.9 Å². The molecule has 17 heavy (non-hydrogen) atoms. The second-order valence-electron chi connectivity index (χ2n) is 5.49. The highest BCUT2D eigenvalue weighted by atomic mass is 35.5. The molecule has 0 aliphatic heterocycles. The molecule has 1 saturated carbocycles. The number of carboxylic acid groups (broad SMARTS) is 1. The van der Waals surface area contributed by atoms with Gasteiger partial charge in [0.25, 0.3) is 0 Å². The molecule has 0 radical (unpaired) electrons. The zero-order valence-electron chi connectivity index (χ0n) is 10.1. The van der Waals surface area contributed by atoms with Crippen LogP contribution >= 0.6 is 11.6 Å². The van der Waals surface area contributed by atoms with Crippen LogP contribution in [0.4, 0.5) is 0 Å². The molecule has 1 N–H and O–H groups in total. The van der Waals surface area contributed by atoms with Crippen molar-refractivity contribution in [1.29, 1.82) is 0 Å². The SMILES string of the molecule is CC1(C)CCC(n2ncc(C(=O)O)c2Cl)CC1. The van der Waals surface area contributed by atoms with Crippen LogP contribution in [0.15, 0.2) is 6.20 Å². The quantitative estimate of drug-likeness (QED) is 0.883. The van der Waals surface area contributed by atoms with Crippen molar-refractivity contribution in [2.75, 3.05) is 0 Å². The first-order valence-corrected chi connectivity index (χ1v) is 6.25. The first-order chi connectivity index (χ1) is 7.91. The van der Waals surface area contributed by atoms with Crippen LogP contribution in [-0.2, 0) is 0 Å². The largest absolute Gasteiger partial charge is 0.478 e. The Morgan fingerprint density at radius 2 is 2.12 bits per heavy atom. The number of carboxylic acids is 1. The molecule has 1 heterocycles. The van der Waals surface area contributed by atoms with Gasteiger partial charge >= 0.3 is 5.97 Å². The molecule has 2 rings (SSSR count). The molecule has 1 fully saturated rings. The molecule has 5 heteroatoms. The van der Waals surface area contributed by atoms with Gasteiger partial charge in [-0.1, -0.05) is 25.4 Å². The molecule has 1 aromatic heterocycles. The van der Waals surface area contributed by atoms with Crippen molar-refractivity contribution < 1.29 is 9.90 Å². The van der Waals surface area contributed by atoms with E-state index in [0.29, 0.717) is 5.41 Å². The molecule has 94 valence electrons. The lowest BCUT2D eigenvalue weighted by atomic mass is 9.76. The average Bonchev–Trinajstić information content (AvgIpc) is 2.60. The fraction of sp³-hybridized carbons (Fsp3) is 0.667. The minimum absolute atomic E-state index is 0.0940.